The Bertz CT molecular complexity index is 416. The van der Waals surface area contributed by atoms with Crippen molar-refractivity contribution in [1.29, 1.82) is 0 Å². The molecule has 0 N–H and O–H groups in total. The van der Waals surface area contributed by atoms with E-state index in [1.54, 1.807) is 0 Å². The smallest absolute Gasteiger partial charge is 0.116 e. The first kappa shape index (κ1) is 12.9. The van der Waals surface area contributed by atoms with Crippen molar-refractivity contribution in [3.63, 3.8) is 0 Å². The number of hydrogen-bond donors (Lipinski definition) is 0. The summed E-state index contributed by atoms with van der Waals surface area (Å²) in [5.41, 5.74) is 5.39. The summed E-state index contributed by atoms with van der Waals surface area (Å²) < 4.78 is 5.27. The van der Waals surface area contributed by atoms with E-state index in [4.69, 9.17) is 16.3 Å². The third kappa shape index (κ3) is 2.23. The predicted molar refractivity (Wildman–Crippen MR) is 73.0 cm³/mol. The molecule has 1 aromatic carbocycles. The lowest BCUT2D eigenvalue weighted by Gasteiger charge is -2.38. The Morgan fingerprint density at radius 1 is 1.12 bits per heavy atom. The predicted octanol–water partition coefficient (Wildman–Crippen LogP) is 4.07. The summed E-state index contributed by atoms with van der Waals surface area (Å²) in [4.78, 5) is -0.287. The molecule has 17 heavy (non-hydrogen) atoms. The van der Waals surface area contributed by atoms with Crippen LogP contribution in [0.15, 0.2) is 12.1 Å². The van der Waals surface area contributed by atoms with Crippen LogP contribution >= 0.6 is 11.6 Å². The van der Waals surface area contributed by atoms with E-state index in [2.05, 4.69) is 46.8 Å². The van der Waals surface area contributed by atoms with Crippen molar-refractivity contribution >= 4 is 11.6 Å². The minimum absolute atomic E-state index is 0.184. The van der Waals surface area contributed by atoms with Crippen LogP contribution in [-0.2, 0) is 15.0 Å². The number of benzene rings is 1. The molecule has 0 saturated carbocycles. The van der Waals surface area contributed by atoms with Gasteiger partial charge in [0.15, 0.2) is 0 Å². The molecule has 0 aliphatic carbocycles. The molecular formula is C15H21ClO. The molecule has 2 rings (SSSR count). The van der Waals surface area contributed by atoms with E-state index in [1.165, 1.54) is 22.3 Å². The SMILES string of the molecule is Cc1cc(C(C)(C)C)cc(C)c1C1(Cl)COC1. The summed E-state index contributed by atoms with van der Waals surface area (Å²) in [5, 5.41) is 0. The normalized spacial score (nSPS) is 18.9. The van der Waals surface area contributed by atoms with Crippen molar-refractivity contribution in [2.75, 3.05) is 13.2 Å². The summed E-state index contributed by atoms with van der Waals surface area (Å²) in [5.74, 6) is 0. The van der Waals surface area contributed by atoms with Gasteiger partial charge in [0.1, 0.15) is 4.87 Å². The summed E-state index contributed by atoms with van der Waals surface area (Å²) >= 11 is 6.59. The van der Waals surface area contributed by atoms with E-state index in [-0.39, 0.29) is 10.3 Å². The maximum atomic E-state index is 6.59. The van der Waals surface area contributed by atoms with Gasteiger partial charge in [0, 0.05) is 0 Å². The second-order valence-electron chi connectivity index (χ2n) is 6.19. The molecule has 1 aliphatic rings. The van der Waals surface area contributed by atoms with Gasteiger partial charge in [0.05, 0.1) is 13.2 Å². The molecule has 1 aromatic rings. The molecule has 1 fully saturated rings. The van der Waals surface area contributed by atoms with Crippen LogP contribution in [0, 0.1) is 13.8 Å². The molecule has 1 heterocycles. The van der Waals surface area contributed by atoms with Crippen LogP contribution in [0.1, 0.15) is 43.0 Å². The molecule has 0 radical (unpaired) electrons. The lowest BCUT2D eigenvalue weighted by molar-refractivity contribution is -0.0157. The van der Waals surface area contributed by atoms with Crippen LogP contribution in [0.3, 0.4) is 0 Å². The van der Waals surface area contributed by atoms with Crippen LogP contribution in [-0.4, -0.2) is 13.2 Å². The number of aryl methyl sites for hydroxylation is 2. The molecule has 1 saturated heterocycles. The number of rotatable bonds is 1. The molecule has 0 bridgehead atoms. The minimum atomic E-state index is -0.287. The second-order valence-corrected chi connectivity index (χ2v) is 6.92. The first-order valence-electron chi connectivity index (χ1n) is 6.13. The highest BCUT2D eigenvalue weighted by Crippen LogP contribution is 2.41. The van der Waals surface area contributed by atoms with Gasteiger partial charge >= 0.3 is 0 Å². The maximum absolute atomic E-state index is 6.59. The topological polar surface area (TPSA) is 9.23 Å². The zero-order chi connectivity index (χ0) is 12.8. The third-order valence-electron chi connectivity index (χ3n) is 3.51. The van der Waals surface area contributed by atoms with E-state index in [1.807, 2.05) is 0 Å². The van der Waals surface area contributed by atoms with Crippen molar-refractivity contribution in [1.82, 2.24) is 0 Å². The molecule has 0 aromatic heterocycles. The zero-order valence-electron chi connectivity index (χ0n) is 11.4. The van der Waals surface area contributed by atoms with E-state index >= 15 is 0 Å². The van der Waals surface area contributed by atoms with Gasteiger partial charge in [-0.05, 0) is 41.5 Å². The molecular weight excluding hydrogens is 232 g/mol. The first-order chi connectivity index (χ1) is 7.74. The summed E-state index contributed by atoms with van der Waals surface area (Å²) in [7, 11) is 0. The van der Waals surface area contributed by atoms with E-state index < -0.39 is 0 Å². The lowest BCUT2D eigenvalue weighted by Crippen LogP contribution is -2.42. The average Bonchev–Trinajstić information content (AvgIpc) is 2.12. The Kier molecular flexibility index (Phi) is 3.04. The molecule has 0 amide bonds. The molecule has 0 unspecified atom stereocenters. The second kappa shape index (κ2) is 4.00. The Morgan fingerprint density at radius 3 is 1.88 bits per heavy atom. The van der Waals surface area contributed by atoms with E-state index in [0.717, 1.165) is 0 Å². The van der Waals surface area contributed by atoms with Crippen LogP contribution in [0.2, 0.25) is 0 Å². The molecule has 2 heteroatoms. The number of alkyl halides is 1. The van der Waals surface area contributed by atoms with Crippen molar-refractivity contribution in [3.8, 4) is 0 Å². The maximum Gasteiger partial charge on any atom is 0.116 e. The van der Waals surface area contributed by atoms with Gasteiger partial charge in [0.2, 0.25) is 0 Å². The van der Waals surface area contributed by atoms with Crippen LogP contribution in [0.5, 0.6) is 0 Å². The number of hydrogen-bond acceptors (Lipinski definition) is 1. The lowest BCUT2D eigenvalue weighted by atomic mass is 9.81. The zero-order valence-corrected chi connectivity index (χ0v) is 12.1. The summed E-state index contributed by atoms with van der Waals surface area (Å²) in [6.45, 7) is 12.3. The van der Waals surface area contributed by atoms with Crippen molar-refractivity contribution in [2.45, 2.75) is 44.9 Å². The molecule has 0 spiro atoms. The Morgan fingerprint density at radius 2 is 1.59 bits per heavy atom. The summed E-state index contributed by atoms with van der Waals surface area (Å²) in [6, 6.07) is 4.54. The van der Waals surface area contributed by atoms with Gasteiger partial charge in [0.25, 0.3) is 0 Å². The Labute approximate surface area is 109 Å². The van der Waals surface area contributed by atoms with Crippen LogP contribution in [0.25, 0.3) is 0 Å². The van der Waals surface area contributed by atoms with Gasteiger partial charge in [-0.1, -0.05) is 32.9 Å². The highest BCUT2D eigenvalue weighted by molar-refractivity contribution is 6.25. The third-order valence-corrected chi connectivity index (χ3v) is 3.92. The van der Waals surface area contributed by atoms with E-state index in [9.17, 15) is 0 Å². The molecule has 1 nitrogen and oxygen atoms in total. The highest BCUT2D eigenvalue weighted by atomic mass is 35.5. The van der Waals surface area contributed by atoms with Crippen molar-refractivity contribution in [3.05, 3.63) is 34.4 Å². The largest absolute Gasteiger partial charge is 0.377 e. The van der Waals surface area contributed by atoms with Crippen molar-refractivity contribution in [2.24, 2.45) is 0 Å². The fraction of sp³-hybridized carbons (Fsp3) is 0.600. The first-order valence-corrected chi connectivity index (χ1v) is 6.51. The summed E-state index contributed by atoms with van der Waals surface area (Å²) in [6.07, 6.45) is 0. The van der Waals surface area contributed by atoms with Crippen molar-refractivity contribution < 1.29 is 4.74 Å². The molecule has 1 aliphatic heterocycles. The van der Waals surface area contributed by atoms with Crippen LogP contribution < -0.4 is 0 Å². The van der Waals surface area contributed by atoms with Gasteiger partial charge in [-0.15, -0.1) is 11.6 Å². The van der Waals surface area contributed by atoms with Gasteiger partial charge in [-0.3, -0.25) is 0 Å². The number of halogens is 1. The highest BCUT2D eigenvalue weighted by Gasteiger charge is 2.40. The fourth-order valence-corrected chi connectivity index (χ4v) is 2.98. The van der Waals surface area contributed by atoms with Gasteiger partial charge < -0.3 is 4.74 Å². The van der Waals surface area contributed by atoms with Gasteiger partial charge in [-0.2, -0.15) is 0 Å². The Hall–Kier alpha value is -0.530. The standard InChI is InChI=1S/C15H21ClO/c1-10-6-12(14(3,4)5)7-11(2)13(10)15(16)8-17-9-15/h6-7H,8-9H2,1-5H3. The molecule has 0 atom stereocenters. The Balaban J connectivity index is 2.50. The van der Waals surface area contributed by atoms with E-state index in [0.29, 0.717) is 13.2 Å². The van der Waals surface area contributed by atoms with Crippen LogP contribution in [0.4, 0.5) is 0 Å². The minimum Gasteiger partial charge on any atom is -0.377 e. The quantitative estimate of drug-likeness (QED) is 0.685. The fourth-order valence-electron chi connectivity index (χ4n) is 2.53. The van der Waals surface area contributed by atoms with Gasteiger partial charge in [-0.25, -0.2) is 0 Å². The monoisotopic (exact) mass is 252 g/mol. The molecule has 94 valence electrons. The number of ether oxygens (including phenoxy) is 1. The average molecular weight is 253 g/mol.